The molecule has 0 aromatic carbocycles. The lowest BCUT2D eigenvalue weighted by Crippen LogP contribution is -2.42. The van der Waals surface area contributed by atoms with Crippen LogP contribution < -0.4 is 10.6 Å². The predicted molar refractivity (Wildman–Crippen MR) is 86.5 cm³/mol. The Bertz CT molecular complexity index is 405. The molecule has 1 aliphatic rings. The van der Waals surface area contributed by atoms with Crippen molar-refractivity contribution in [2.24, 2.45) is 4.99 Å². The van der Waals surface area contributed by atoms with Crippen molar-refractivity contribution in [1.29, 1.82) is 0 Å². The van der Waals surface area contributed by atoms with Crippen molar-refractivity contribution in [3.63, 3.8) is 0 Å². The molecule has 1 saturated carbocycles. The van der Waals surface area contributed by atoms with Crippen LogP contribution in [0.4, 0.5) is 0 Å². The van der Waals surface area contributed by atoms with Gasteiger partial charge in [-0.1, -0.05) is 0 Å². The summed E-state index contributed by atoms with van der Waals surface area (Å²) >= 11 is 1.98. The van der Waals surface area contributed by atoms with Gasteiger partial charge in [0.25, 0.3) is 0 Å². The highest BCUT2D eigenvalue weighted by Crippen LogP contribution is 2.27. The van der Waals surface area contributed by atoms with E-state index in [1.807, 2.05) is 23.9 Å². The van der Waals surface area contributed by atoms with Crippen LogP contribution in [0.2, 0.25) is 0 Å². The van der Waals surface area contributed by atoms with Crippen molar-refractivity contribution in [3.8, 4) is 0 Å². The van der Waals surface area contributed by atoms with E-state index in [9.17, 15) is 0 Å². The van der Waals surface area contributed by atoms with Gasteiger partial charge in [-0.25, -0.2) is 0 Å². The fourth-order valence-corrected chi connectivity index (χ4v) is 3.33. The van der Waals surface area contributed by atoms with Gasteiger partial charge in [-0.15, -0.1) is 0 Å². The Kier molecular flexibility index (Phi) is 6.30. The van der Waals surface area contributed by atoms with Crippen molar-refractivity contribution in [2.75, 3.05) is 19.3 Å². The molecule has 2 unspecified atom stereocenters. The van der Waals surface area contributed by atoms with Gasteiger partial charge < -0.3 is 15.1 Å². The third kappa shape index (κ3) is 4.78. The first-order valence-electron chi connectivity index (χ1n) is 7.41. The molecule has 0 saturated heterocycles. The zero-order valence-electron chi connectivity index (χ0n) is 12.4. The zero-order chi connectivity index (χ0) is 14.2. The van der Waals surface area contributed by atoms with Gasteiger partial charge in [0, 0.05) is 30.8 Å². The smallest absolute Gasteiger partial charge is 0.191 e. The number of nitrogens with zero attached hydrogens (tertiary/aromatic N) is 1. The van der Waals surface area contributed by atoms with E-state index in [4.69, 9.17) is 4.42 Å². The van der Waals surface area contributed by atoms with Gasteiger partial charge in [0.2, 0.25) is 0 Å². The third-order valence-electron chi connectivity index (χ3n) is 3.61. The first-order chi connectivity index (χ1) is 9.81. The average molecular weight is 295 g/mol. The Hall–Kier alpha value is -1.10. The number of rotatable bonds is 6. The molecule has 1 aromatic heterocycles. The summed E-state index contributed by atoms with van der Waals surface area (Å²) in [7, 11) is 0. The molecular formula is C15H25N3OS. The maximum atomic E-state index is 5.32. The third-order valence-corrected chi connectivity index (χ3v) is 4.71. The fourth-order valence-electron chi connectivity index (χ4n) is 2.53. The highest BCUT2D eigenvalue weighted by atomic mass is 32.2. The molecule has 0 aliphatic heterocycles. The minimum Gasteiger partial charge on any atom is -0.469 e. The normalized spacial score (nSPS) is 23.0. The summed E-state index contributed by atoms with van der Waals surface area (Å²) in [5, 5.41) is 7.68. The molecule has 1 fully saturated rings. The van der Waals surface area contributed by atoms with Gasteiger partial charge in [-0.05, 0) is 44.6 Å². The number of hydrogen-bond donors (Lipinski definition) is 2. The lowest BCUT2D eigenvalue weighted by Gasteiger charge is -2.17. The van der Waals surface area contributed by atoms with E-state index in [1.54, 1.807) is 6.26 Å². The van der Waals surface area contributed by atoms with E-state index in [1.165, 1.54) is 19.3 Å². The van der Waals surface area contributed by atoms with Crippen molar-refractivity contribution < 1.29 is 4.42 Å². The Morgan fingerprint density at radius 3 is 3.05 bits per heavy atom. The number of furan rings is 1. The van der Waals surface area contributed by atoms with Crippen molar-refractivity contribution in [3.05, 3.63) is 24.2 Å². The van der Waals surface area contributed by atoms with E-state index in [-0.39, 0.29) is 0 Å². The molecule has 1 heterocycles. The molecule has 5 heteroatoms. The minimum absolute atomic E-state index is 0.564. The Labute approximate surface area is 125 Å². The number of nitrogens with one attached hydrogen (secondary N) is 2. The van der Waals surface area contributed by atoms with Crippen molar-refractivity contribution in [2.45, 2.75) is 43.9 Å². The van der Waals surface area contributed by atoms with Crippen molar-refractivity contribution >= 4 is 17.7 Å². The molecular weight excluding hydrogens is 270 g/mol. The number of thioether (sulfide) groups is 1. The highest BCUT2D eigenvalue weighted by molar-refractivity contribution is 7.99. The second kappa shape index (κ2) is 8.25. The molecule has 0 amide bonds. The molecule has 1 aliphatic carbocycles. The van der Waals surface area contributed by atoms with E-state index < -0.39 is 0 Å². The zero-order valence-corrected chi connectivity index (χ0v) is 13.2. The quantitative estimate of drug-likeness (QED) is 0.626. The topological polar surface area (TPSA) is 49.6 Å². The van der Waals surface area contributed by atoms with Gasteiger partial charge in [0.15, 0.2) is 5.96 Å². The summed E-state index contributed by atoms with van der Waals surface area (Å²) in [6.45, 7) is 3.75. The molecule has 1 aromatic rings. The van der Waals surface area contributed by atoms with Gasteiger partial charge in [-0.2, -0.15) is 11.8 Å². The molecule has 2 N–H and O–H groups in total. The van der Waals surface area contributed by atoms with E-state index in [2.05, 4.69) is 28.8 Å². The van der Waals surface area contributed by atoms with Crippen LogP contribution in [-0.2, 0) is 6.42 Å². The molecule has 4 nitrogen and oxygen atoms in total. The van der Waals surface area contributed by atoms with E-state index >= 15 is 0 Å². The van der Waals surface area contributed by atoms with Crippen LogP contribution in [0.15, 0.2) is 27.8 Å². The Morgan fingerprint density at radius 1 is 1.50 bits per heavy atom. The fraction of sp³-hybridized carbons (Fsp3) is 0.667. The Morgan fingerprint density at radius 2 is 2.40 bits per heavy atom. The number of guanidine groups is 1. The molecule has 2 rings (SSSR count). The Balaban J connectivity index is 1.80. The second-order valence-corrected chi connectivity index (χ2v) is 6.24. The molecule has 0 bridgehead atoms. The summed E-state index contributed by atoms with van der Waals surface area (Å²) in [4.78, 5) is 4.63. The van der Waals surface area contributed by atoms with Gasteiger partial charge in [0.05, 0.1) is 6.26 Å². The maximum Gasteiger partial charge on any atom is 0.191 e. The van der Waals surface area contributed by atoms with Crippen molar-refractivity contribution in [1.82, 2.24) is 10.6 Å². The number of hydrogen-bond acceptors (Lipinski definition) is 3. The van der Waals surface area contributed by atoms with Crippen LogP contribution >= 0.6 is 11.8 Å². The second-order valence-electron chi connectivity index (χ2n) is 5.10. The number of aliphatic imine (C=N–C) groups is 1. The van der Waals surface area contributed by atoms with Crippen LogP contribution in [0.3, 0.4) is 0 Å². The monoisotopic (exact) mass is 295 g/mol. The average Bonchev–Trinajstić information content (AvgIpc) is 3.10. The van der Waals surface area contributed by atoms with Crippen LogP contribution in [-0.4, -0.2) is 36.6 Å². The lowest BCUT2D eigenvalue weighted by atomic mass is 10.2. The minimum atomic E-state index is 0.564. The first-order valence-corrected chi connectivity index (χ1v) is 8.70. The van der Waals surface area contributed by atoms with Crippen LogP contribution in [0.25, 0.3) is 0 Å². The molecule has 20 heavy (non-hydrogen) atoms. The standard InChI is InChI=1S/C15H25N3OS/c1-3-16-15(17-9-8-13-5-4-10-19-13)18-12-6-7-14(11-12)20-2/h4-5,10,12,14H,3,6-9,11H2,1-2H3,(H2,16,17,18). The van der Waals surface area contributed by atoms with Gasteiger partial charge in [-0.3, -0.25) is 4.99 Å². The first kappa shape index (κ1) is 15.3. The highest BCUT2D eigenvalue weighted by Gasteiger charge is 2.24. The summed E-state index contributed by atoms with van der Waals surface area (Å²) < 4.78 is 5.32. The summed E-state index contributed by atoms with van der Waals surface area (Å²) in [5.41, 5.74) is 0. The summed E-state index contributed by atoms with van der Waals surface area (Å²) in [5.74, 6) is 1.93. The van der Waals surface area contributed by atoms with Gasteiger partial charge >= 0.3 is 0 Å². The van der Waals surface area contributed by atoms with Crippen LogP contribution in [0.5, 0.6) is 0 Å². The van der Waals surface area contributed by atoms with E-state index in [0.29, 0.717) is 6.04 Å². The SMILES string of the molecule is CCNC(=NCCc1ccco1)NC1CCC(SC)C1. The predicted octanol–water partition coefficient (Wildman–Crippen LogP) is 2.66. The maximum absolute atomic E-state index is 5.32. The molecule has 0 spiro atoms. The lowest BCUT2D eigenvalue weighted by molar-refractivity contribution is 0.510. The molecule has 2 atom stereocenters. The van der Waals surface area contributed by atoms with Gasteiger partial charge in [0.1, 0.15) is 5.76 Å². The van der Waals surface area contributed by atoms with Crippen LogP contribution in [0, 0.1) is 0 Å². The molecule has 112 valence electrons. The van der Waals surface area contributed by atoms with E-state index in [0.717, 1.165) is 36.5 Å². The summed E-state index contributed by atoms with van der Waals surface area (Å²) in [6, 6.07) is 4.48. The largest absolute Gasteiger partial charge is 0.469 e. The summed E-state index contributed by atoms with van der Waals surface area (Å²) in [6.07, 6.45) is 8.56. The molecule has 0 radical (unpaired) electrons. The van der Waals surface area contributed by atoms with Crippen LogP contribution in [0.1, 0.15) is 31.9 Å².